The molecule has 0 atom stereocenters. The minimum atomic E-state index is -3.66. The molecule has 0 aliphatic carbocycles. The maximum atomic E-state index is 11.1. The zero-order valence-corrected chi connectivity index (χ0v) is 11.1. The summed E-state index contributed by atoms with van der Waals surface area (Å²) in [6.07, 6.45) is 0. The van der Waals surface area contributed by atoms with E-state index in [2.05, 4.69) is 0 Å². The van der Waals surface area contributed by atoms with Crippen molar-refractivity contribution >= 4 is 19.7 Å². The van der Waals surface area contributed by atoms with Crippen LogP contribution in [0.25, 0.3) is 0 Å². The maximum absolute atomic E-state index is 11.1. The number of halogens is 1. The van der Waals surface area contributed by atoms with Crippen molar-refractivity contribution in [3.05, 3.63) is 28.8 Å². The molecule has 0 saturated carbocycles. The van der Waals surface area contributed by atoms with Crippen molar-refractivity contribution in [2.24, 2.45) is 0 Å². The molecule has 0 heterocycles. The number of hydrogen-bond donors (Lipinski definition) is 1. The summed E-state index contributed by atoms with van der Waals surface area (Å²) in [5.74, 6) is -0.175. The van der Waals surface area contributed by atoms with E-state index < -0.39 is 9.05 Å². The summed E-state index contributed by atoms with van der Waals surface area (Å²) in [5, 5.41) is 9.87. The van der Waals surface area contributed by atoms with Gasteiger partial charge in [-0.15, -0.1) is 0 Å². The fraction of sp³-hybridized carbons (Fsp3) is 0.455. The Morgan fingerprint density at radius 3 is 2.38 bits per heavy atom. The topological polar surface area (TPSA) is 54.4 Å². The van der Waals surface area contributed by atoms with Gasteiger partial charge in [-0.1, -0.05) is 26.0 Å². The van der Waals surface area contributed by atoms with Crippen molar-refractivity contribution in [3.8, 4) is 5.75 Å². The summed E-state index contributed by atoms with van der Waals surface area (Å²) >= 11 is 0. The third-order valence-corrected chi connectivity index (χ3v) is 3.42. The Balaban J connectivity index is 3.38. The third-order valence-electron chi connectivity index (χ3n) is 2.46. The molecule has 0 spiro atoms. The fourth-order valence-corrected chi connectivity index (χ4v) is 2.61. The van der Waals surface area contributed by atoms with Crippen LogP contribution in [0, 0.1) is 6.92 Å². The van der Waals surface area contributed by atoms with Crippen LogP contribution in [-0.4, -0.2) is 13.5 Å². The Morgan fingerprint density at radius 1 is 1.38 bits per heavy atom. The van der Waals surface area contributed by atoms with Crippen molar-refractivity contribution < 1.29 is 13.5 Å². The summed E-state index contributed by atoms with van der Waals surface area (Å²) in [6, 6.07) is 3.60. The number of benzene rings is 1. The van der Waals surface area contributed by atoms with Gasteiger partial charge in [0, 0.05) is 16.2 Å². The standard InChI is InChI=1S/C11H15ClO3S/c1-7(2)9-5-4-8(3)11(13)10(9)6-16(12,14)15/h4-5,7,13H,6H2,1-3H3. The first-order chi connectivity index (χ1) is 7.22. The van der Waals surface area contributed by atoms with E-state index in [0.29, 0.717) is 11.1 Å². The first kappa shape index (κ1) is 13.3. The average molecular weight is 263 g/mol. The lowest BCUT2D eigenvalue weighted by atomic mass is 9.95. The minimum absolute atomic E-state index is 0.0235. The normalized spacial score (nSPS) is 12.1. The highest BCUT2D eigenvalue weighted by Crippen LogP contribution is 2.32. The first-order valence-corrected chi connectivity index (χ1v) is 7.44. The molecule has 0 aromatic heterocycles. The van der Waals surface area contributed by atoms with Crippen LogP contribution in [0.15, 0.2) is 12.1 Å². The van der Waals surface area contributed by atoms with Gasteiger partial charge < -0.3 is 5.11 Å². The lowest BCUT2D eigenvalue weighted by Gasteiger charge is -2.14. The average Bonchev–Trinajstić information content (AvgIpc) is 2.10. The Bertz CT molecular complexity index is 492. The van der Waals surface area contributed by atoms with Crippen LogP contribution in [0.1, 0.15) is 36.5 Å². The van der Waals surface area contributed by atoms with Crippen molar-refractivity contribution in [2.75, 3.05) is 0 Å². The Kier molecular flexibility index (Phi) is 3.86. The number of phenols is 1. The first-order valence-electron chi connectivity index (χ1n) is 4.96. The zero-order valence-electron chi connectivity index (χ0n) is 9.49. The monoisotopic (exact) mass is 262 g/mol. The third kappa shape index (κ3) is 3.12. The van der Waals surface area contributed by atoms with Crippen molar-refractivity contribution in [1.29, 1.82) is 0 Å². The highest BCUT2D eigenvalue weighted by molar-refractivity contribution is 8.13. The fourth-order valence-electron chi connectivity index (χ4n) is 1.63. The van der Waals surface area contributed by atoms with E-state index >= 15 is 0 Å². The van der Waals surface area contributed by atoms with Gasteiger partial charge in [-0.3, -0.25) is 0 Å². The van der Waals surface area contributed by atoms with Crippen molar-refractivity contribution in [2.45, 2.75) is 32.4 Å². The molecule has 0 unspecified atom stereocenters. The maximum Gasteiger partial charge on any atom is 0.236 e. The molecule has 1 aromatic rings. The number of aromatic hydroxyl groups is 1. The van der Waals surface area contributed by atoms with E-state index in [1.807, 2.05) is 19.9 Å². The van der Waals surface area contributed by atoms with Crippen LogP contribution in [0.4, 0.5) is 0 Å². The molecule has 1 aromatic carbocycles. The largest absolute Gasteiger partial charge is 0.507 e. The van der Waals surface area contributed by atoms with Gasteiger partial charge in [0.1, 0.15) is 5.75 Å². The highest BCUT2D eigenvalue weighted by Gasteiger charge is 2.18. The van der Waals surface area contributed by atoms with Crippen LogP contribution < -0.4 is 0 Å². The van der Waals surface area contributed by atoms with Crippen molar-refractivity contribution in [3.63, 3.8) is 0 Å². The molecule has 5 heteroatoms. The highest BCUT2D eigenvalue weighted by atomic mass is 35.7. The van der Waals surface area contributed by atoms with Gasteiger partial charge >= 0.3 is 0 Å². The molecule has 90 valence electrons. The molecule has 3 nitrogen and oxygen atoms in total. The van der Waals surface area contributed by atoms with Gasteiger partial charge in [0.2, 0.25) is 9.05 Å². The minimum Gasteiger partial charge on any atom is -0.507 e. The second-order valence-electron chi connectivity index (χ2n) is 4.14. The Labute approximate surface area is 100 Å². The van der Waals surface area contributed by atoms with Crippen LogP contribution >= 0.6 is 10.7 Å². The van der Waals surface area contributed by atoms with Gasteiger partial charge in [0.15, 0.2) is 0 Å². The second-order valence-corrected chi connectivity index (χ2v) is 6.91. The summed E-state index contributed by atoms with van der Waals surface area (Å²) in [7, 11) is 1.57. The predicted molar refractivity (Wildman–Crippen MR) is 65.4 cm³/mol. The predicted octanol–water partition coefficient (Wildman–Crippen LogP) is 2.89. The lowest BCUT2D eigenvalue weighted by molar-refractivity contribution is 0.464. The number of hydrogen-bond acceptors (Lipinski definition) is 3. The van der Waals surface area contributed by atoms with Gasteiger partial charge in [0.25, 0.3) is 0 Å². The number of phenolic OH excluding ortho intramolecular Hbond substituents is 1. The van der Waals surface area contributed by atoms with E-state index in [0.717, 1.165) is 5.56 Å². The van der Waals surface area contributed by atoms with Crippen LogP contribution in [0.5, 0.6) is 5.75 Å². The summed E-state index contributed by atoms with van der Waals surface area (Å²) in [4.78, 5) is 0. The number of aryl methyl sites for hydroxylation is 1. The lowest BCUT2D eigenvalue weighted by Crippen LogP contribution is -2.03. The molecule has 0 fully saturated rings. The van der Waals surface area contributed by atoms with E-state index in [9.17, 15) is 13.5 Å². The smallest absolute Gasteiger partial charge is 0.236 e. The quantitative estimate of drug-likeness (QED) is 0.852. The molecule has 0 aliphatic rings. The molecule has 1 rings (SSSR count). The van der Waals surface area contributed by atoms with Crippen LogP contribution in [0.3, 0.4) is 0 Å². The molecule has 0 bridgehead atoms. The second kappa shape index (κ2) is 4.63. The molecule has 0 radical (unpaired) electrons. The molecule has 0 saturated heterocycles. The SMILES string of the molecule is Cc1ccc(C(C)C)c(CS(=O)(=O)Cl)c1O. The van der Waals surface area contributed by atoms with E-state index in [4.69, 9.17) is 10.7 Å². The molecular weight excluding hydrogens is 248 g/mol. The molecule has 1 N–H and O–H groups in total. The van der Waals surface area contributed by atoms with Crippen molar-refractivity contribution in [1.82, 2.24) is 0 Å². The molecule has 0 amide bonds. The van der Waals surface area contributed by atoms with Gasteiger partial charge in [0.05, 0.1) is 5.75 Å². The van der Waals surface area contributed by atoms with E-state index in [-0.39, 0.29) is 17.4 Å². The summed E-state index contributed by atoms with van der Waals surface area (Å²) in [6.45, 7) is 5.60. The van der Waals surface area contributed by atoms with Gasteiger partial charge in [-0.2, -0.15) is 0 Å². The molecule has 0 aliphatic heterocycles. The van der Waals surface area contributed by atoms with Crippen LogP contribution in [-0.2, 0) is 14.8 Å². The summed E-state index contributed by atoms with van der Waals surface area (Å²) in [5.41, 5.74) is 1.87. The summed E-state index contributed by atoms with van der Waals surface area (Å²) < 4.78 is 22.2. The Morgan fingerprint density at radius 2 is 1.94 bits per heavy atom. The number of rotatable bonds is 3. The Hall–Kier alpha value is -0.740. The zero-order chi connectivity index (χ0) is 12.5. The van der Waals surface area contributed by atoms with E-state index in [1.54, 1.807) is 13.0 Å². The molecular formula is C11H15ClO3S. The van der Waals surface area contributed by atoms with Gasteiger partial charge in [-0.05, 0) is 24.0 Å². The van der Waals surface area contributed by atoms with E-state index in [1.165, 1.54) is 0 Å². The van der Waals surface area contributed by atoms with Gasteiger partial charge in [-0.25, -0.2) is 8.42 Å². The van der Waals surface area contributed by atoms with Crippen LogP contribution in [0.2, 0.25) is 0 Å². The molecule has 16 heavy (non-hydrogen) atoms.